The van der Waals surface area contributed by atoms with E-state index in [9.17, 15) is 13.2 Å². The number of pyridine rings is 1. The number of benzene rings is 1. The molecular formula is C17H17F3N4O. The molecule has 0 amide bonds. The van der Waals surface area contributed by atoms with Gasteiger partial charge < -0.3 is 16.3 Å². The van der Waals surface area contributed by atoms with Gasteiger partial charge >= 0.3 is 6.18 Å². The van der Waals surface area contributed by atoms with Crippen LogP contribution in [0.15, 0.2) is 35.4 Å². The molecule has 8 heteroatoms. The zero-order valence-corrected chi connectivity index (χ0v) is 13.5. The van der Waals surface area contributed by atoms with Crippen molar-refractivity contribution in [2.24, 2.45) is 16.7 Å². The zero-order valence-electron chi connectivity index (χ0n) is 13.5. The highest BCUT2D eigenvalue weighted by atomic mass is 19.4. The van der Waals surface area contributed by atoms with Crippen molar-refractivity contribution in [3.05, 3.63) is 58.4 Å². The lowest BCUT2D eigenvalue weighted by Gasteiger charge is -2.13. The van der Waals surface area contributed by atoms with E-state index in [1.54, 1.807) is 25.1 Å². The molecule has 25 heavy (non-hydrogen) atoms. The van der Waals surface area contributed by atoms with Gasteiger partial charge in [-0.25, -0.2) is 4.98 Å². The molecule has 2 heterocycles. The van der Waals surface area contributed by atoms with Crippen molar-refractivity contribution in [1.82, 2.24) is 4.98 Å². The number of nitrogens with two attached hydrogens (primary N) is 2. The number of nitrogens with zero attached hydrogens (tertiary/aromatic N) is 2. The van der Waals surface area contributed by atoms with Crippen LogP contribution in [0, 0.1) is 0 Å². The van der Waals surface area contributed by atoms with Crippen LogP contribution in [0.2, 0.25) is 0 Å². The molecule has 5 nitrogen and oxygen atoms in total. The molecule has 0 saturated heterocycles. The molecule has 1 aromatic heterocycles. The maximum atomic E-state index is 13.1. The molecular weight excluding hydrogens is 333 g/mol. The van der Waals surface area contributed by atoms with Crippen LogP contribution in [0.25, 0.3) is 0 Å². The highest BCUT2D eigenvalue weighted by molar-refractivity contribution is 5.95. The van der Waals surface area contributed by atoms with Crippen LogP contribution in [0.5, 0.6) is 5.75 Å². The second-order valence-electron chi connectivity index (χ2n) is 5.75. The number of fused-ring (bicyclic) bond motifs is 1. The lowest BCUT2D eigenvalue weighted by atomic mass is 9.99. The molecule has 1 unspecified atom stereocenters. The van der Waals surface area contributed by atoms with E-state index in [0.29, 0.717) is 41.1 Å². The molecule has 0 fully saturated rings. The quantitative estimate of drug-likeness (QED) is 0.386. The van der Waals surface area contributed by atoms with E-state index < -0.39 is 17.8 Å². The van der Waals surface area contributed by atoms with Gasteiger partial charge in [0.2, 0.25) is 0 Å². The Labute approximate surface area is 142 Å². The molecule has 1 aliphatic rings. The number of amidine groups is 1. The number of rotatable bonds is 3. The molecule has 1 atom stereocenters. The van der Waals surface area contributed by atoms with Crippen molar-refractivity contribution in [3.8, 4) is 5.75 Å². The number of aryl methyl sites for hydroxylation is 1. The molecule has 0 aliphatic carbocycles. The summed E-state index contributed by atoms with van der Waals surface area (Å²) in [6, 6.07) is 7.40. The molecule has 1 aromatic carbocycles. The van der Waals surface area contributed by atoms with Crippen molar-refractivity contribution >= 4 is 5.84 Å². The van der Waals surface area contributed by atoms with Crippen LogP contribution in [-0.4, -0.2) is 10.8 Å². The lowest BCUT2D eigenvalue weighted by Crippen LogP contribution is -2.18. The van der Waals surface area contributed by atoms with Gasteiger partial charge in [0.1, 0.15) is 17.5 Å². The third kappa shape index (κ3) is 3.24. The predicted octanol–water partition coefficient (Wildman–Crippen LogP) is 2.92. The highest BCUT2D eigenvalue weighted by Gasteiger charge is 2.35. The fraction of sp³-hybridized carbons (Fsp3) is 0.294. The standard InChI is InChI=1S/C17H17F3N4O/c1-2-9-6-11(17(18,19)20)7-10-8-14(25-15(9)10)12-4-3-5-13(23-12)16(21)24-22/h3-7,14H,2,8,22H2,1H3,(H2,21,24). The first-order valence-corrected chi connectivity index (χ1v) is 7.73. The molecule has 0 saturated carbocycles. The summed E-state index contributed by atoms with van der Waals surface area (Å²) in [5, 5.41) is 3.40. The number of ether oxygens (including phenoxy) is 1. The van der Waals surface area contributed by atoms with Crippen LogP contribution in [0.1, 0.15) is 41.1 Å². The van der Waals surface area contributed by atoms with Gasteiger partial charge in [0.25, 0.3) is 0 Å². The first kappa shape index (κ1) is 17.1. The zero-order chi connectivity index (χ0) is 18.2. The lowest BCUT2D eigenvalue weighted by molar-refractivity contribution is -0.137. The largest absolute Gasteiger partial charge is 0.483 e. The van der Waals surface area contributed by atoms with Gasteiger partial charge in [0.15, 0.2) is 5.84 Å². The topological polar surface area (TPSA) is 86.5 Å². The van der Waals surface area contributed by atoms with Gasteiger partial charge in [-0.2, -0.15) is 18.3 Å². The Balaban J connectivity index is 1.96. The monoisotopic (exact) mass is 350 g/mol. The molecule has 0 bridgehead atoms. The Bertz CT molecular complexity index is 833. The molecule has 1 aliphatic heterocycles. The Morgan fingerprint density at radius 2 is 2.12 bits per heavy atom. The van der Waals surface area contributed by atoms with Crippen molar-refractivity contribution < 1.29 is 17.9 Å². The number of halogens is 3. The van der Waals surface area contributed by atoms with Gasteiger partial charge in [0, 0.05) is 6.42 Å². The van der Waals surface area contributed by atoms with Gasteiger partial charge in [-0.15, -0.1) is 0 Å². The fourth-order valence-corrected chi connectivity index (χ4v) is 2.87. The molecule has 0 spiro atoms. The Kier molecular flexibility index (Phi) is 4.28. The molecule has 3 rings (SSSR count). The minimum atomic E-state index is -4.39. The molecule has 0 radical (unpaired) electrons. The first-order chi connectivity index (χ1) is 11.8. The van der Waals surface area contributed by atoms with Crippen molar-refractivity contribution in [2.75, 3.05) is 0 Å². The number of alkyl halides is 3. The summed E-state index contributed by atoms with van der Waals surface area (Å²) in [6.45, 7) is 1.80. The van der Waals surface area contributed by atoms with Crippen molar-refractivity contribution in [3.63, 3.8) is 0 Å². The summed E-state index contributed by atoms with van der Waals surface area (Å²) in [4.78, 5) is 4.35. The summed E-state index contributed by atoms with van der Waals surface area (Å²) in [5.74, 6) is 5.74. The predicted molar refractivity (Wildman–Crippen MR) is 87.0 cm³/mol. The van der Waals surface area contributed by atoms with E-state index in [-0.39, 0.29) is 5.84 Å². The van der Waals surface area contributed by atoms with Crippen LogP contribution in [0.3, 0.4) is 0 Å². The average Bonchev–Trinajstić information content (AvgIpc) is 3.03. The Morgan fingerprint density at radius 1 is 1.36 bits per heavy atom. The summed E-state index contributed by atoms with van der Waals surface area (Å²) in [7, 11) is 0. The van der Waals surface area contributed by atoms with Crippen LogP contribution in [0.4, 0.5) is 13.2 Å². The number of hydrogen-bond donors (Lipinski definition) is 2. The second-order valence-corrected chi connectivity index (χ2v) is 5.75. The third-order valence-corrected chi connectivity index (χ3v) is 4.12. The van der Waals surface area contributed by atoms with Gasteiger partial charge in [-0.05, 0) is 41.8 Å². The van der Waals surface area contributed by atoms with Crippen LogP contribution < -0.4 is 16.3 Å². The van der Waals surface area contributed by atoms with E-state index in [1.807, 2.05) is 0 Å². The fourth-order valence-electron chi connectivity index (χ4n) is 2.87. The average molecular weight is 350 g/mol. The first-order valence-electron chi connectivity index (χ1n) is 7.73. The van der Waals surface area contributed by atoms with E-state index in [4.69, 9.17) is 16.3 Å². The maximum Gasteiger partial charge on any atom is 0.416 e. The SMILES string of the molecule is CCc1cc(C(F)(F)F)cc2c1OC(c1cccc(/C(N)=N/N)n1)C2. The smallest absolute Gasteiger partial charge is 0.416 e. The van der Waals surface area contributed by atoms with E-state index >= 15 is 0 Å². The summed E-state index contributed by atoms with van der Waals surface area (Å²) >= 11 is 0. The Hall–Kier alpha value is -2.77. The van der Waals surface area contributed by atoms with Crippen LogP contribution >= 0.6 is 0 Å². The van der Waals surface area contributed by atoms with Gasteiger partial charge in [0.05, 0.1) is 11.3 Å². The number of hydrogen-bond acceptors (Lipinski definition) is 4. The van der Waals surface area contributed by atoms with E-state index in [1.165, 1.54) is 0 Å². The van der Waals surface area contributed by atoms with Crippen molar-refractivity contribution in [2.45, 2.75) is 32.0 Å². The molecule has 4 N–H and O–H groups in total. The number of aromatic nitrogens is 1. The van der Waals surface area contributed by atoms with Gasteiger partial charge in [-0.3, -0.25) is 0 Å². The summed E-state index contributed by atoms with van der Waals surface area (Å²) < 4.78 is 45.2. The summed E-state index contributed by atoms with van der Waals surface area (Å²) in [5.41, 5.74) is 7.02. The van der Waals surface area contributed by atoms with E-state index in [0.717, 1.165) is 12.1 Å². The molecule has 132 valence electrons. The van der Waals surface area contributed by atoms with E-state index in [2.05, 4.69) is 10.1 Å². The summed E-state index contributed by atoms with van der Waals surface area (Å²) in [6.07, 6.45) is -4.11. The van der Waals surface area contributed by atoms with Crippen LogP contribution in [-0.2, 0) is 19.0 Å². The Morgan fingerprint density at radius 3 is 2.76 bits per heavy atom. The van der Waals surface area contributed by atoms with Crippen molar-refractivity contribution in [1.29, 1.82) is 0 Å². The van der Waals surface area contributed by atoms with Gasteiger partial charge in [-0.1, -0.05) is 13.0 Å². The second kappa shape index (κ2) is 6.27. The highest BCUT2D eigenvalue weighted by Crippen LogP contribution is 2.42. The minimum Gasteiger partial charge on any atom is -0.483 e. The minimum absolute atomic E-state index is 0.0750. The maximum absolute atomic E-state index is 13.1. The third-order valence-electron chi connectivity index (χ3n) is 4.12. The number of hydrazone groups is 1. The normalized spacial score (nSPS) is 17.3. The molecule has 2 aromatic rings.